The highest BCUT2D eigenvalue weighted by Gasteiger charge is 2.50. The van der Waals surface area contributed by atoms with Gasteiger partial charge in [-0.2, -0.15) is 0 Å². The van der Waals surface area contributed by atoms with Gasteiger partial charge in [0.05, 0.1) is 38.5 Å². The lowest BCUT2D eigenvalue weighted by molar-refractivity contribution is -0.119. The summed E-state index contributed by atoms with van der Waals surface area (Å²) in [6.45, 7) is 2.33. The van der Waals surface area contributed by atoms with Crippen molar-refractivity contribution in [3.63, 3.8) is 0 Å². The minimum atomic E-state index is -0.472. The molecule has 0 saturated carbocycles. The van der Waals surface area contributed by atoms with Crippen LogP contribution in [0.4, 0.5) is 0 Å². The fourth-order valence-electron chi connectivity index (χ4n) is 5.18. The summed E-state index contributed by atoms with van der Waals surface area (Å²) in [4.78, 5) is 14.9. The van der Waals surface area contributed by atoms with Crippen molar-refractivity contribution < 1.29 is 19.0 Å². The first-order valence-electron chi connectivity index (χ1n) is 13.5. The first-order chi connectivity index (χ1) is 19.3. The summed E-state index contributed by atoms with van der Waals surface area (Å²) in [5.74, 6) is 0. The molecule has 0 amide bonds. The summed E-state index contributed by atoms with van der Waals surface area (Å²) in [5, 5.41) is 0. The lowest BCUT2D eigenvalue weighted by Gasteiger charge is -2.29. The monoisotopic (exact) mass is 521 g/mol. The van der Waals surface area contributed by atoms with Crippen molar-refractivity contribution in [2.75, 3.05) is 6.61 Å². The van der Waals surface area contributed by atoms with Crippen LogP contribution in [0.2, 0.25) is 0 Å². The van der Waals surface area contributed by atoms with Gasteiger partial charge >= 0.3 is 0 Å². The number of nitrogens with zero attached hydrogens (tertiary/aromatic N) is 1. The standard InChI is InChI=1S/C34H35NO4/c36-22-31-33(38-24-29-17-9-3-10-18-29)34(39-25-30-19-11-4-12-20-30)32(26-37-23-28-15-7-2-8-16-28)35(31)21-27-13-5-1-6-14-27/h1-20,22,31-34H,21,23-26H2/t31-,32+,33-,34-/m1/s1. The molecule has 1 saturated heterocycles. The topological polar surface area (TPSA) is 48.0 Å². The SMILES string of the molecule is O=C[C@@H]1[C@@H](OCc2ccccc2)[C@H](OCc2ccccc2)[C@H](COCc2ccccc2)N1Cc1ccccc1. The van der Waals surface area contributed by atoms with Gasteiger partial charge in [0, 0.05) is 6.54 Å². The number of carbonyl (C=O) groups is 1. The van der Waals surface area contributed by atoms with E-state index in [2.05, 4.69) is 41.3 Å². The second-order valence-corrected chi connectivity index (χ2v) is 9.88. The van der Waals surface area contributed by atoms with Crippen LogP contribution < -0.4 is 0 Å². The first kappa shape index (κ1) is 27.0. The van der Waals surface area contributed by atoms with E-state index in [-0.39, 0.29) is 12.1 Å². The molecule has 200 valence electrons. The molecule has 0 spiro atoms. The number of likely N-dealkylation sites (tertiary alicyclic amines) is 1. The van der Waals surface area contributed by atoms with Crippen LogP contribution in [0.25, 0.3) is 0 Å². The van der Waals surface area contributed by atoms with Gasteiger partial charge in [-0.25, -0.2) is 0 Å². The molecule has 5 rings (SSSR count). The Morgan fingerprint density at radius 2 is 1.00 bits per heavy atom. The van der Waals surface area contributed by atoms with Crippen molar-refractivity contribution in [2.45, 2.75) is 50.7 Å². The molecular formula is C34H35NO4. The van der Waals surface area contributed by atoms with Crippen LogP contribution in [0.5, 0.6) is 0 Å². The Kier molecular flexibility index (Phi) is 9.66. The largest absolute Gasteiger partial charge is 0.375 e. The second kappa shape index (κ2) is 14.0. The zero-order valence-electron chi connectivity index (χ0n) is 22.0. The zero-order chi connectivity index (χ0) is 26.7. The van der Waals surface area contributed by atoms with E-state index >= 15 is 0 Å². The normalized spacial score (nSPS) is 21.1. The Morgan fingerprint density at radius 3 is 1.49 bits per heavy atom. The smallest absolute Gasteiger partial charge is 0.139 e. The van der Waals surface area contributed by atoms with Crippen molar-refractivity contribution in [3.8, 4) is 0 Å². The zero-order valence-corrected chi connectivity index (χ0v) is 22.0. The maximum atomic E-state index is 12.7. The van der Waals surface area contributed by atoms with Gasteiger partial charge in [0.2, 0.25) is 0 Å². The van der Waals surface area contributed by atoms with Gasteiger partial charge in [0.15, 0.2) is 0 Å². The molecule has 4 atom stereocenters. The van der Waals surface area contributed by atoms with E-state index in [0.29, 0.717) is 33.0 Å². The summed E-state index contributed by atoms with van der Waals surface area (Å²) >= 11 is 0. The minimum Gasteiger partial charge on any atom is -0.375 e. The number of ether oxygens (including phenoxy) is 3. The molecule has 1 aliphatic heterocycles. The molecule has 4 aromatic rings. The van der Waals surface area contributed by atoms with Crippen LogP contribution in [0, 0.1) is 0 Å². The Hall–Kier alpha value is -3.61. The number of aldehydes is 1. The predicted octanol–water partition coefficient (Wildman–Crippen LogP) is 5.83. The minimum absolute atomic E-state index is 0.173. The van der Waals surface area contributed by atoms with Crippen LogP contribution in [0.1, 0.15) is 22.3 Å². The van der Waals surface area contributed by atoms with E-state index < -0.39 is 12.1 Å². The highest BCUT2D eigenvalue weighted by atomic mass is 16.5. The molecule has 1 fully saturated rings. The third-order valence-corrected chi connectivity index (χ3v) is 7.17. The van der Waals surface area contributed by atoms with Crippen LogP contribution in [0.15, 0.2) is 121 Å². The molecule has 4 aromatic carbocycles. The van der Waals surface area contributed by atoms with Crippen LogP contribution in [-0.2, 0) is 45.4 Å². The maximum Gasteiger partial charge on any atom is 0.139 e. The van der Waals surface area contributed by atoms with E-state index in [0.717, 1.165) is 28.5 Å². The average Bonchev–Trinajstić information content (AvgIpc) is 3.27. The quantitative estimate of drug-likeness (QED) is 0.207. The summed E-state index contributed by atoms with van der Waals surface area (Å²) in [5.41, 5.74) is 4.37. The molecule has 1 heterocycles. The fraction of sp³-hybridized carbons (Fsp3) is 0.265. The fourth-order valence-corrected chi connectivity index (χ4v) is 5.18. The van der Waals surface area contributed by atoms with Crippen molar-refractivity contribution in [2.24, 2.45) is 0 Å². The van der Waals surface area contributed by atoms with Gasteiger partial charge in [-0.15, -0.1) is 0 Å². The Balaban J connectivity index is 1.41. The Labute approximate surface area is 231 Å². The van der Waals surface area contributed by atoms with E-state index in [1.54, 1.807) is 0 Å². The summed E-state index contributed by atoms with van der Waals surface area (Å²) in [6.07, 6.45) is 0.207. The van der Waals surface area contributed by atoms with Crippen LogP contribution >= 0.6 is 0 Å². The van der Waals surface area contributed by atoms with Gasteiger partial charge in [-0.05, 0) is 22.3 Å². The van der Waals surface area contributed by atoms with Crippen molar-refractivity contribution in [3.05, 3.63) is 144 Å². The molecule has 5 nitrogen and oxygen atoms in total. The van der Waals surface area contributed by atoms with Gasteiger partial charge in [0.25, 0.3) is 0 Å². The lowest BCUT2D eigenvalue weighted by Crippen LogP contribution is -2.42. The lowest BCUT2D eigenvalue weighted by atomic mass is 10.1. The van der Waals surface area contributed by atoms with E-state index in [1.807, 2.05) is 84.9 Å². The van der Waals surface area contributed by atoms with Crippen LogP contribution in [-0.4, -0.2) is 42.1 Å². The molecule has 0 bridgehead atoms. The number of carbonyl (C=O) groups excluding carboxylic acids is 1. The average molecular weight is 522 g/mol. The van der Waals surface area contributed by atoms with Gasteiger partial charge in [-0.3, -0.25) is 4.90 Å². The van der Waals surface area contributed by atoms with Gasteiger partial charge in [-0.1, -0.05) is 121 Å². The molecule has 39 heavy (non-hydrogen) atoms. The highest BCUT2D eigenvalue weighted by Crippen LogP contribution is 2.32. The molecule has 0 radical (unpaired) electrons. The third kappa shape index (κ3) is 7.28. The third-order valence-electron chi connectivity index (χ3n) is 7.17. The molecule has 1 aliphatic rings. The summed E-state index contributed by atoms with van der Waals surface area (Å²) in [6, 6.07) is 39.9. The predicted molar refractivity (Wildman–Crippen MR) is 152 cm³/mol. The van der Waals surface area contributed by atoms with Gasteiger partial charge in [0.1, 0.15) is 18.5 Å². The van der Waals surface area contributed by atoms with Crippen LogP contribution in [0.3, 0.4) is 0 Å². The Morgan fingerprint density at radius 1 is 0.564 bits per heavy atom. The Bertz CT molecular complexity index is 1250. The molecular weight excluding hydrogens is 486 g/mol. The van der Waals surface area contributed by atoms with E-state index in [4.69, 9.17) is 14.2 Å². The summed E-state index contributed by atoms with van der Waals surface area (Å²) in [7, 11) is 0. The van der Waals surface area contributed by atoms with E-state index in [9.17, 15) is 4.79 Å². The molecule has 0 aliphatic carbocycles. The van der Waals surface area contributed by atoms with Gasteiger partial charge < -0.3 is 19.0 Å². The van der Waals surface area contributed by atoms with Crippen molar-refractivity contribution >= 4 is 6.29 Å². The number of hydrogen-bond acceptors (Lipinski definition) is 5. The number of benzene rings is 4. The molecule has 0 N–H and O–H groups in total. The number of hydrogen-bond donors (Lipinski definition) is 0. The molecule has 0 aromatic heterocycles. The number of rotatable bonds is 13. The van der Waals surface area contributed by atoms with E-state index in [1.165, 1.54) is 0 Å². The summed E-state index contributed by atoms with van der Waals surface area (Å²) < 4.78 is 19.4. The second-order valence-electron chi connectivity index (χ2n) is 9.88. The first-order valence-corrected chi connectivity index (χ1v) is 13.5. The molecule has 5 heteroatoms. The highest BCUT2D eigenvalue weighted by molar-refractivity contribution is 5.60. The van der Waals surface area contributed by atoms with Crippen molar-refractivity contribution in [1.82, 2.24) is 4.90 Å². The molecule has 0 unspecified atom stereocenters. The maximum absolute atomic E-state index is 12.7. The van der Waals surface area contributed by atoms with Crippen molar-refractivity contribution in [1.29, 1.82) is 0 Å².